The summed E-state index contributed by atoms with van der Waals surface area (Å²) in [6.07, 6.45) is 1.69. The molecule has 0 aliphatic carbocycles. The Bertz CT molecular complexity index is 354. The third-order valence-corrected chi connectivity index (χ3v) is 3.32. The molecule has 0 saturated carbocycles. The molecule has 0 saturated heterocycles. The van der Waals surface area contributed by atoms with E-state index in [4.69, 9.17) is 4.74 Å². The first kappa shape index (κ1) is 16.0. The van der Waals surface area contributed by atoms with Crippen molar-refractivity contribution in [1.29, 1.82) is 0 Å². The van der Waals surface area contributed by atoms with Gasteiger partial charge in [-0.1, -0.05) is 39.3 Å². The molecule has 1 aromatic carbocycles. The first-order valence-electron chi connectivity index (χ1n) is 7.26. The number of aryl methyl sites for hydroxylation is 1. The van der Waals surface area contributed by atoms with Gasteiger partial charge in [-0.15, -0.1) is 0 Å². The summed E-state index contributed by atoms with van der Waals surface area (Å²) in [6.45, 7) is 8.35. The van der Waals surface area contributed by atoms with Gasteiger partial charge >= 0.3 is 0 Å². The zero-order valence-electron chi connectivity index (χ0n) is 12.4. The van der Waals surface area contributed by atoms with Crippen LogP contribution in [0, 0.1) is 5.92 Å². The van der Waals surface area contributed by atoms with Gasteiger partial charge in [0.1, 0.15) is 18.5 Å². The van der Waals surface area contributed by atoms with Crippen LogP contribution in [-0.2, 0) is 6.42 Å². The van der Waals surface area contributed by atoms with Gasteiger partial charge in [-0.2, -0.15) is 0 Å². The molecule has 1 aromatic rings. The number of hydrogen-bond acceptors (Lipinski definition) is 3. The predicted molar refractivity (Wildman–Crippen MR) is 79.6 cm³/mol. The molecule has 2 atom stereocenters. The second kappa shape index (κ2) is 8.94. The van der Waals surface area contributed by atoms with Crippen LogP contribution in [0.5, 0.6) is 5.75 Å². The highest BCUT2D eigenvalue weighted by molar-refractivity contribution is 5.28. The van der Waals surface area contributed by atoms with E-state index in [-0.39, 0.29) is 0 Å². The Kier molecular flexibility index (Phi) is 7.53. The first-order valence-corrected chi connectivity index (χ1v) is 7.26. The molecular formula is C16H27NO2. The minimum absolute atomic E-state index is 0.334. The number of benzene rings is 1. The topological polar surface area (TPSA) is 41.5 Å². The van der Waals surface area contributed by atoms with Crippen molar-refractivity contribution in [3.8, 4) is 5.75 Å². The first-order chi connectivity index (χ1) is 9.15. The Morgan fingerprint density at radius 1 is 1.26 bits per heavy atom. The number of nitrogens with one attached hydrogen (secondary N) is 1. The van der Waals surface area contributed by atoms with Crippen molar-refractivity contribution in [3.63, 3.8) is 0 Å². The predicted octanol–water partition coefficient (Wildman–Crippen LogP) is 2.62. The molecule has 0 heterocycles. The number of hydrogen-bond donors (Lipinski definition) is 2. The van der Waals surface area contributed by atoms with Crippen molar-refractivity contribution in [3.05, 3.63) is 29.8 Å². The average Bonchev–Trinajstić information content (AvgIpc) is 2.45. The van der Waals surface area contributed by atoms with Gasteiger partial charge in [0.05, 0.1) is 0 Å². The van der Waals surface area contributed by atoms with Crippen molar-refractivity contribution in [2.24, 2.45) is 5.92 Å². The standard InChI is InChI=1S/C16H27NO2/c1-4-13(3)10-17-11-15(18)12-19-16-8-6-7-14(5-2)9-16/h6-9,13,15,17-18H,4-5,10-12H2,1-3H3. The molecule has 0 spiro atoms. The summed E-state index contributed by atoms with van der Waals surface area (Å²) in [7, 11) is 0. The summed E-state index contributed by atoms with van der Waals surface area (Å²) >= 11 is 0. The van der Waals surface area contributed by atoms with Crippen LogP contribution in [0.15, 0.2) is 24.3 Å². The van der Waals surface area contributed by atoms with E-state index in [0.717, 1.165) is 25.1 Å². The lowest BCUT2D eigenvalue weighted by molar-refractivity contribution is 0.105. The van der Waals surface area contributed by atoms with Gasteiger partial charge in [-0.25, -0.2) is 0 Å². The molecule has 108 valence electrons. The minimum atomic E-state index is -0.464. The average molecular weight is 265 g/mol. The van der Waals surface area contributed by atoms with Gasteiger partial charge in [0, 0.05) is 6.54 Å². The fraction of sp³-hybridized carbons (Fsp3) is 0.625. The molecule has 0 radical (unpaired) electrons. The second-order valence-electron chi connectivity index (χ2n) is 5.14. The molecule has 0 bridgehead atoms. The summed E-state index contributed by atoms with van der Waals surface area (Å²) in [6, 6.07) is 8.02. The SMILES string of the molecule is CCc1cccc(OCC(O)CNCC(C)CC)c1. The Morgan fingerprint density at radius 3 is 2.74 bits per heavy atom. The fourth-order valence-electron chi connectivity index (χ4n) is 1.75. The highest BCUT2D eigenvalue weighted by Crippen LogP contribution is 2.13. The van der Waals surface area contributed by atoms with Crippen LogP contribution in [-0.4, -0.2) is 30.9 Å². The highest BCUT2D eigenvalue weighted by atomic mass is 16.5. The molecule has 0 fully saturated rings. The van der Waals surface area contributed by atoms with Crippen LogP contribution in [0.25, 0.3) is 0 Å². The van der Waals surface area contributed by atoms with Crippen LogP contribution in [0.4, 0.5) is 0 Å². The molecular weight excluding hydrogens is 238 g/mol. The van der Waals surface area contributed by atoms with Crippen LogP contribution in [0.1, 0.15) is 32.8 Å². The number of aliphatic hydroxyl groups is 1. The summed E-state index contributed by atoms with van der Waals surface area (Å²) in [5, 5.41) is 13.1. The van der Waals surface area contributed by atoms with Crippen LogP contribution < -0.4 is 10.1 Å². The number of rotatable bonds is 9. The summed E-state index contributed by atoms with van der Waals surface area (Å²) in [5.41, 5.74) is 1.25. The maximum absolute atomic E-state index is 9.84. The van der Waals surface area contributed by atoms with Crippen molar-refractivity contribution < 1.29 is 9.84 Å². The van der Waals surface area contributed by atoms with Gasteiger partial charge in [-0.3, -0.25) is 0 Å². The minimum Gasteiger partial charge on any atom is -0.491 e. The summed E-state index contributed by atoms with van der Waals surface area (Å²) < 4.78 is 5.60. The van der Waals surface area contributed by atoms with Gasteiger partial charge in [0.25, 0.3) is 0 Å². The van der Waals surface area contributed by atoms with E-state index in [2.05, 4.69) is 32.2 Å². The molecule has 19 heavy (non-hydrogen) atoms. The van der Waals surface area contributed by atoms with E-state index < -0.39 is 6.10 Å². The van der Waals surface area contributed by atoms with E-state index in [9.17, 15) is 5.11 Å². The Labute approximate surface area is 117 Å². The molecule has 0 aromatic heterocycles. The normalized spacial score (nSPS) is 14.1. The molecule has 2 unspecified atom stereocenters. The third-order valence-electron chi connectivity index (χ3n) is 3.32. The number of ether oxygens (including phenoxy) is 1. The van der Waals surface area contributed by atoms with Gasteiger partial charge < -0.3 is 15.2 Å². The van der Waals surface area contributed by atoms with Crippen molar-refractivity contribution in [2.45, 2.75) is 39.7 Å². The number of aliphatic hydroxyl groups excluding tert-OH is 1. The zero-order chi connectivity index (χ0) is 14.1. The lowest BCUT2D eigenvalue weighted by Crippen LogP contribution is -2.33. The molecule has 0 amide bonds. The van der Waals surface area contributed by atoms with Gasteiger partial charge in [0.2, 0.25) is 0 Å². The molecule has 3 heteroatoms. The summed E-state index contributed by atoms with van der Waals surface area (Å²) in [5.74, 6) is 1.48. The fourth-order valence-corrected chi connectivity index (χ4v) is 1.75. The maximum Gasteiger partial charge on any atom is 0.119 e. The van der Waals surface area contributed by atoms with E-state index in [1.165, 1.54) is 5.56 Å². The Morgan fingerprint density at radius 2 is 2.05 bits per heavy atom. The molecule has 0 aliphatic heterocycles. The quantitative estimate of drug-likeness (QED) is 0.721. The van der Waals surface area contributed by atoms with Crippen LogP contribution >= 0.6 is 0 Å². The van der Waals surface area contributed by atoms with Gasteiger partial charge in [-0.05, 0) is 36.6 Å². The molecule has 1 rings (SSSR count). The van der Waals surface area contributed by atoms with E-state index in [1.54, 1.807) is 0 Å². The molecule has 2 N–H and O–H groups in total. The third kappa shape index (κ3) is 6.60. The van der Waals surface area contributed by atoms with Crippen molar-refractivity contribution >= 4 is 0 Å². The van der Waals surface area contributed by atoms with Crippen LogP contribution in [0.3, 0.4) is 0 Å². The van der Waals surface area contributed by atoms with E-state index in [0.29, 0.717) is 19.1 Å². The monoisotopic (exact) mass is 265 g/mol. The Hall–Kier alpha value is -1.06. The molecule has 0 aliphatic rings. The van der Waals surface area contributed by atoms with Crippen LogP contribution in [0.2, 0.25) is 0 Å². The smallest absolute Gasteiger partial charge is 0.119 e. The zero-order valence-corrected chi connectivity index (χ0v) is 12.4. The van der Waals surface area contributed by atoms with Crippen molar-refractivity contribution in [2.75, 3.05) is 19.7 Å². The van der Waals surface area contributed by atoms with E-state index in [1.807, 2.05) is 18.2 Å². The lowest BCUT2D eigenvalue weighted by Gasteiger charge is -2.15. The lowest BCUT2D eigenvalue weighted by atomic mass is 10.1. The van der Waals surface area contributed by atoms with Crippen molar-refractivity contribution in [1.82, 2.24) is 5.32 Å². The maximum atomic E-state index is 9.84. The van der Waals surface area contributed by atoms with Gasteiger partial charge in [0.15, 0.2) is 0 Å². The highest BCUT2D eigenvalue weighted by Gasteiger charge is 2.06. The largest absolute Gasteiger partial charge is 0.491 e. The Balaban J connectivity index is 2.23. The van der Waals surface area contributed by atoms with E-state index >= 15 is 0 Å². The molecule has 3 nitrogen and oxygen atoms in total. The second-order valence-corrected chi connectivity index (χ2v) is 5.14. The summed E-state index contributed by atoms with van der Waals surface area (Å²) in [4.78, 5) is 0.